The molecular weight excluding hydrogens is 418 g/mol. The Labute approximate surface area is 178 Å². The van der Waals surface area contributed by atoms with Crippen LogP contribution < -0.4 is 27.4 Å². The fraction of sp³-hybridized carbons (Fsp3) is 0.706. The summed E-state index contributed by atoms with van der Waals surface area (Å²) in [6.45, 7) is -1.39. The second kappa shape index (κ2) is 15.1. The third kappa shape index (κ3) is 11.2. The Kier molecular flexibility index (Phi) is 13.7. The van der Waals surface area contributed by atoms with E-state index in [1.54, 1.807) is 0 Å². The molecule has 0 aliphatic rings. The van der Waals surface area contributed by atoms with Gasteiger partial charge in [-0.1, -0.05) is 0 Å². The molecule has 178 valence electrons. The molecule has 0 aliphatic carbocycles. The van der Waals surface area contributed by atoms with Crippen molar-refractivity contribution < 1.29 is 44.4 Å². The molecule has 14 nitrogen and oxygen atoms in total. The van der Waals surface area contributed by atoms with E-state index in [1.807, 2.05) is 0 Å². The van der Waals surface area contributed by atoms with Crippen molar-refractivity contribution in [2.75, 3.05) is 19.8 Å². The highest BCUT2D eigenvalue weighted by atomic mass is 16.4. The Morgan fingerprint density at radius 1 is 0.742 bits per heavy atom. The van der Waals surface area contributed by atoms with Crippen molar-refractivity contribution in [1.29, 1.82) is 0 Å². The summed E-state index contributed by atoms with van der Waals surface area (Å²) < 4.78 is 0. The number of hydrogen-bond acceptors (Lipinski definition) is 9. The van der Waals surface area contributed by atoms with Gasteiger partial charge < -0.3 is 47.8 Å². The van der Waals surface area contributed by atoms with Gasteiger partial charge in [0.25, 0.3) is 0 Å². The predicted molar refractivity (Wildman–Crippen MR) is 105 cm³/mol. The number of unbranched alkanes of at least 4 members (excludes halogenated alkanes) is 1. The number of nitrogens with one attached hydrogen (secondary N) is 3. The van der Waals surface area contributed by atoms with Gasteiger partial charge in [-0.25, -0.2) is 4.79 Å². The van der Waals surface area contributed by atoms with Crippen LogP contribution in [0.4, 0.5) is 0 Å². The average Bonchev–Trinajstić information content (AvgIpc) is 2.72. The smallest absolute Gasteiger partial charge is 0.328 e. The molecule has 4 atom stereocenters. The molecule has 4 unspecified atom stereocenters. The van der Waals surface area contributed by atoms with Crippen molar-refractivity contribution in [2.24, 2.45) is 11.5 Å². The van der Waals surface area contributed by atoms with Crippen LogP contribution in [0.25, 0.3) is 0 Å². The standard InChI is InChI=1S/C17H31N5O9/c18-6-2-1-3-10(15(28)22-12(8-24)17(30)31)20-16(29)11(7-23)21-14(27)9(19)4-5-13(25)26/h9-12,23-24H,1-8,18-19H2,(H,20,29)(H,21,27)(H,22,28)(H,25,26)(H,30,31). The molecule has 0 heterocycles. The molecule has 0 bridgehead atoms. The van der Waals surface area contributed by atoms with Crippen LogP contribution in [0.3, 0.4) is 0 Å². The molecule has 0 spiro atoms. The Morgan fingerprint density at radius 2 is 1.26 bits per heavy atom. The first-order valence-corrected chi connectivity index (χ1v) is 9.60. The third-order valence-electron chi connectivity index (χ3n) is 4.20. The molecule has 0 aliphatic heterocycles. The van der Waals surface area contributed by atoms with Crippen molar-refractivity contribution in [2.45, 2.75) is 56.3 Å². The van der Waals surface area contributed by atoms with Crippen molar-refractivity contribution in [3.63, 3.8) is 0 Å². The summed E-state index contributed by atoms with van der Waals surface area (Å²) in [4.78, 5) is 58.4. The van der Waals surface area contributed by atoms with Crippen LogP contribution in [0.1, 0.15) is 32.1 Å². The molecule has 0 saturated heterocycles. The normalized spacial score (nSPS) is 14.6. The minimum Gasteiger partial charge on any atom is -0.481 e. The average molecular weight is 449 g/mol. The van der Waals surface area contributed by atoms with E-state index in [4.69, 9.17) is 26.8 Å². The van der Waals surface area contributed by atoms with Crippen molar-refractivity contribution in [3.05, 3.63) is 0 Å². The lowest BCUT2D eigenvalue weighted by atomic mass is 10.1. The zero-order chi connectivity index (χ0) is 24.0. The maximum Gasteiger partial charge on any atom is 0.328 e. The van der Waals surface area contributed by atoms with E-state index in [0.717, 1.165) is 0 Å². The van der Waals surface area contributed by atoms with E-state index in [-0.39, 0.29) is 19.3 Å². The van der Waals surface area contributed by atoms with Crippen LogP contribution in [-0.2, 0) is 24.0 Å². The fourth-order valence-corrected chi connectivity index (χ4v) is 2.37. The first-order valence-electron chi connectivity index (χ1n) is 9.60. The van der Waals surface area contributed by atoms with Gasteiger partial charge in [0, 0.05) is 6.42 Å². The van der Waals surface area contributed by atoms with Gasteiger partial charge in [-0.05, 0) is 32.2 Å². The number of nitrogens with two attached hydrogens (primary N) is 2. The minimum atomic E-state index is -1.58. The molecule has 0 rings (SSSR count). The number of amides is 3. The maximum absolute atomic E-state index is 12.4. The van der Waals surface area contributed by atoms with Gasteiger partial charge in [0.2, 0.25) is 17.7 Å². The molecule has 0 fully saturated rings. The predicted octanol–water partition coefficient (Wildman–Crippen LogP) is -4.17. The van der Waals surface area contributed by atoms with Gasteiger partial charge in [0.05, 0.1) is 19.3 Å². The number of aliphatic hydroxyl groups excluding tert-OH is 2. The molecule has 11 N–H and O–H groups in total. The highest BCUT2D eigenvalue weighted by Gasteiger charge is 2.29. The van der Waals surface area contributed by atoms with Crippen molar-refractivity contribution in [3.8, 4) is 0 Å². The van der Waals surface area contributed by atoms with Crippen LogP contribution in [0.5, 0.6) is 0 Å². The lowest BCUT2D eigenvalue weighted by Gasteiger charge is -2.24. The minimum absolute atomic E-state index is 0.0801. The van der Waals surface area contributed by atoms with E-state index in [9.17, 15) is 29.1 Å². The van der Waals surface area contributed by atoms with Crippen molar-refractivity contribution >= 4 is 29.7 Å². The second-order valence-corrected chi connectivity index (χ2v) is 6.71. The molecule has 0 aromatic rings. The Balaban J connectivity index is 5.12. The largest absolute Gasteiger partial charge is 0.481 e. The van der Waals surface area contributed by atoms with Gasteiger partial charge in [-0.2, -0.15) is 0 Å². The Hall–Kier alpha value is -2.81. The number of aliphatic carboxylic acids is 2. The van der Waals surface area contributed by atoms with Crippen molar-refractivity contribution in [1.82, 2.24) is 16.0 Å². The zero-order valence-corrected chi connectivity index (χ0v) is 17.0. The summed E-state index contributed by atoms with van der Waals surface area (Å²) >= 11 is 0. The topological polar surface area (TPSA) is 254 Å². The molecular formula is C17H31N5O9. The van der Waals surface area contributed by atoms with Crippen LogP contribution in [0, 0.1) is 0 Å². The molecule has 0 radical (unpaired) electrons. The summed E-state index contributed by atoms with van der Waals surface area (Å²) in [6, 6.07) is -5.52. The van der Waals surface area contributed by atoms with Gasteiger partial charge in [-0.3, -0.25) is 19.2 Å². The molecule has 3 amide bonds. The van der Waals surface area contributed by atoms with E-state index in [0.29, 0.717) is 19.4 Å². The Morgan fingerprint density at radius 3 is 1.74 bits per heavy atom. The molecule has 0 aromatic carbocycles. The first-order chi connectivity index (χ1) is 14.6. The van der Waals surface area contributed by atoms with E-state index < -0.39 is 67.0 Å². The number of carboxylic acid groups (broad SMARTS) is 2. The Bertz CT molecular complexity index is 631. The van der Waals surface area contributed by atoms with Crippen LogP contribution in [-0.4, -0.2) is 94.0 Å². The van der Waals surface area contributed by atoms with Crippen LogP contribution in [0.15, 0.2) is 0 Å². The molecule has 0 aromatic heterocycles. The summed E-state index contributed by atoms with van der Waals surface area (Å²) in [5, 5.41) is 42.6. The summed E-state index contributed by atoms with van der Waals surface area (Å²) in [5.74, 6) is -5.32. The number of carboxylic acids is 2. The number of aliphatic hydroxyl groups is 2. The number of carbonyl (C=O) groups is 5. The summed E-state index contributed by atoms with van der Waals surface area (Å²) in [5.41, 5.74) is 11.0. The number of hydrogen-bond donors (Lipinski definition) is 9. The van der Waals surface area contributed by atoms with E-state index in [1.165, 1.54) is 0 Å². The van der Waals surface area contributed by atoms with Gasteiger partial charge >= 0.3 is 11.9 Å². The maximum atomic E-state index is 12.4. The lowest BCUT2D eigenvalue weighted by molar-refractivity contribution is -0.143. The lowest BCUT2D eigenvalue weighted by Crippen LogP contribution is -2.58. The first kappa shape index (κ1) is 28.2. The van der Waals surface area contributed by atoms with Gasteiger partial charge in [0.15, 0.2) is 0 Å². The number of rotatable bonds is 16. The van der Waals surface area contributed by atoms with Gasteiger partial charge in [0.1, 0.15) is 18.1 Å². The molecule has 0 saturated carbocycles. The van der Waals surface area contributed by atoms with Crippen LogP contribution >= 0.6 is 0 Å². The van der Waals surface area contributed by atoms with E-state index >= 15 is 0 Å². The monoisotopic (exact) mass is 449 g/mol. The molecule has 31 heavy (non-hydrogen) atoms. The summed E-state index contributed by atoms with van der Waals surface area (Å²) in [6.07, 6.45) is 0.436. The van der Waals surface area contributed by atoms with Crippen LogP contribution in [0.2, 0.25) is 0 Å². The SMILES string of the molecule is NCCCCC(NC(=O)C(CO)NC(=O)C(N)CCC(=O)O)C(=O)NC(CO)C(=O)O. The highest BCUT2D eigenvalue weighted by molar-refractivity contribution is 5.94. The fourth-order valence-electron chi connectivity index (χ4n) is 2.37. The zero-order valence-electron chi connectivity index (χ0n) is 17.0. The number of carbonyl (C=O) groups excluding carboxylic acids is 3. The van der Waals surface area contributed by atoms with Gasteiger partial charge in [-0.15, -0.1) is 0 Å². The third-order valence-corrected chi connectivity index (χ3v) is 4.20. The quantitative estimate of drug-likeness (QED) is 0.102. The second-order valence-electron chi connectivity index (χ2n) is 6.71. The van der Waals surface area contributed by atoms with E-state index in [2.05, 4.69) is 16.0 Å². The summed E-state index contributed by atoms with van der Waals surface area (Å²) in [7, 11) is 0. The highest BCUT2D eigenvalue weighted by Crippen LogP contribution is 2.03. The molecule has 14 heteroatoms.